The third-order valence-electron chi connectivity index (χ3n) is 3.18. The first-order valence-corrected chi connectivity index (χ1v) is 6.31. The molecule has 4 heteroatoms. The number of para-hydroxylation sites is 1. The van der Waals surface area contributed by atoms with Gasteiger partial charge in [0.05, 0.1) is 19.1 Å². The van der Waals surface area contributed by atoms with Crippen LogP contribution in [0.3, 0.4) is 0 Å². The molecule has 1 aromatic rings. The molecule has 1 amide bonds. The van der Waals surface area contributed by atoms with Crippen LogP contribution >= 0.6 is 0 Å². The second kappa shape index (κ2) is 5.87. The van der Waals surface area contributed by atoms with Gasteiger partial charge < -0.3 is 14.7 Å². The van der Waals surface area contributed by atoms with Gasteiger partial charge in [-0.05, 0) is 25.0 Å². The predicted molar refractivity (Wildman–Crippen MR) is 68.5 cm³/mol. The number of carbonyl (C=O) groups excluding carboxylic acids is 1. The van der Waals surface area contributed by atoms with Crippen LogP contribution in [0.4, 0.5) is 0 Å². The van der Waals surface area contributed by atoms with E-state index >= 15 is 0 Å². The molecule has 1 fully saturated rings. The number of benzene rings is 1. The largest absolute Gasteiger partial charge is 0.493 e. The van der Waals surface area contributed by atoms with Crippen molar-refractivity contribution >= 4 is 5.91 Å². The van der Waals surface area contributed by atoms with Crippen LogP contribution in [0.1, 0.15) is 18.4 Å². The minimum atomic E-state index is -0.355. The van der Waals surface area contributed by atoms with E-state index in [9.17, 15) is 9.90 Å². The van der Waals surface area contributed by atoms with Crippen LogP contribution in [0.15, 0.2) is 24.3 Å². The highest BCUT2D eigenvalue weighted by Gasteiger charge is 2.23. The fourth-order valence-electron chi connectivity index (χ4n) is 2.09. The van der Waals surface area contributed by atoms with E-state index in [4.69, 9.17) is 4.74 Å². The summed E-state index contributed by atoms with van der Waals surface area (Å²) in [6.07, 6.45) is 0.692. The highest BCUT2D eigenvalue weighted by Crippen LogP contribution is 2.16. The zero-order valence-electron chi connectivity index (χ0n) is 10.6. The van der Waals surface area contributed by atoms with Crippen molar-refractivity contribution in [3.8, 4) is 5.75 Å². The van der Waals surface area contributed by atoms with E-state index in [0.717, 1.165) is 11.3 Å². The molecule has 0 bridgehead atoms. The Bertz CT molecular complexity index is 419. The maximum atomic E-state index is 11.8. The summed E-state index contributed by atoms with van der Waals surface area (Å²) in [5.41, 5.74) is 1.07. The molecule has 18 heavy (non-hydrogen) atoms. The summed E-state index contributed by atoms with van der Waals surface area (Å²) in [5, 5.41) is 9.36. The maximum absolute atomic E-state index is 11.8. The summed E-state index contributed by atoms with van der Waals surface area (Å²) >= 11 is 0. The summed E-state index contributed by atoms with van der Waals surface area (Å²) in [4.78, 5) is 13.5. The molecule has 2 rings (SSSR count). The van der Waals surface area contributed by atoms with Gasteiger partial charge in [-0.15, -0.1) is 0 Å². The average molecular weight is 249 g/mol. The van der Waals surface area contributed by atoms with E-state index in [1.807, 2.05) is 31.2 Å². The Hall–Kier alpha value is -1.55. The Labute approximate surface area is 107 Å². The van der Waals surface area contributed by atoms with Crippen molar-refractivity contribution in [2.24, 2.45) is 0 Å². The lowest BCUT2D eigenvalue weighted by Gasteiger charge is -2.16. The summed E-state index contributed by atoms with van der Waals surface area (Å²) in [6, 6.07) is 7.76. The van der Waals surface area contributed by atoms with Gasteiger partial charge in [0.15, 0.2) is 0 Å². The SMILES string of the molecule is Cc1ccccc1OCCC(=O)N1CC[C@@H](O)C1. The Balaban J connectivity index is 1.75. The van der Waals surface area contributed by atoms with E-state index in [-0.39, 0.29) is 12.0 Å². The zero-order valence-corrected chi connectivity index (χ0v) is 10.6. The number of likely N-dealkylation sites (tertiary alicyclic amines) is 1. The summed E-state index contributed by atoms with van der Waals surface area (Å²) in [6.45, 7) is 3.48. The molecule has 0 spiro atoms. The molecule has 0 radical (unpaired) electrons. The minimum absolute atomic E-state index is 0.0557. The van der Waals surface area contributed by atoms with E-state index in [0.29, 0.717) is 32.5 Å². The standard InChI is InChI=1S/C14H19NO3/c1-11-4-2-3-5-13(11)18-9-7-14(17)15-8-6-12(16)10-15/h2-5,12,16H,6-10H2,1H3/t12-/m1/s1. The van der Waals surface area contributed by atoms with Gasteiger partial charge in [0.1, 0.15) is 5.75 Å². The van der Waals surface area contributed by atoms with Gasteiger partial charge in [-0.1, -0.05) is 18.2 Å². The van der Waals surface area contributed by atoms with Crippen molar-refractivity contribution in [2.45, 2.75) is 25.9 Å². The number of ether oxygens (including phenoxy) is 1. The minimum Gasteiger partial charge on any atom is -0.493 e. The zero-order chi connectivity index (χ0) is 13.0. The maximum Gasteiger partial charge on any atom is 0.226 e. The molecule has 98 valence electrons. The third kappa shape index (κ3) is 3.23. The number of carbonyl (C=O) groups is 1. The molecule has 0 aliphatic carbocycles. The van der Waals surface area contributed by atoms with Crippen LogP contribution in [0.5, 0.6) is 5.75 Å². The molecule has 0 unspecified atom stereocenters. The van der Waals surface area contributed by atoms with Gasteiger partial charge in [0.25, 0.3) is 0 Å². The summed E-state index contributed by atoms with van der Waals surface area (Å²) < 4.78 is 5.58. The lowest BCUT2D eigenvalue weighted by Crippen LogP contribution is -2.30. The molecule has 0 saturated carbocycles. The van der Waals surface area contributed by atoms with Crippen LogP contribution < -0.4 is 4.74 Å². The van der Waals surface area contributed by atoms with E-state index in [1.165, 1.54) is 0 Å². The number of hydrogen-bond donors (Lipinski definition) is 1. The topological polar surface area (TPSA) is 49.8 Å². The molecule has 1 saturated heterocycles. The summed E-state index contributed by atoms with van der Waals surface area (Å²) in [7, 11) is 0. The fourth-order valence-corrected chi connectivity index (χ4v) is 2.09. The Morgan fingerprint density at radius 3 is 2.94 bits per heavy atom. The van der Waals surface area contributed by atoms with Gasteiger partial charge in [-0.3, -0.25) is 4.79 Å². The number of aliphatic hydroxyl groups is 1. The molecular weight excluding hydrogens is 230 g/mol. The van der Waals surface area contributed by atoms with Gasteiger partial charge in [-0.2, -0.15) is 0 Å². The van der Waals surface area contributed by atoms with Gasteiger partial charge in [0.2, 0.25) is 5.91 Å². The summed E-state index contributed by atoms with van der Waals surface area (Å²) in [5.74, 6) is 0.881. The number of aliphatic hydroxyl groups excluding tert-OH is 1. The van der Waals surface area contributed by atoms with Crippen molar-refractivity contribution in [2.75, 3.05) is 19.7 Å². The van der Waals surface area contributed by atoms with Gasteiger partial charge in [0, 0.05) is 13.1 Å². The third-order valence-corrected chi connectivity index (χ3v) is 3.18. The van der Waals surface area contributed by atoms with Crippen molar-refractivity contribution in [3.63, 3.8) is 0 Å². The first-order valence-electron chi connectivity index (χ1n) is 6.31. The number of amides is 1. The first-order chi connectivity index (χ1) is 8.66. The lowest BCUT2D eigenvalue weighted by atomic mass is 10.2. The van der Waals surface area contributed by atoms with Crippen LogP contribution in [0, 0.1) is 6.92 Å². The van der Waals surface area contributed by atoms with Crippen molar-refractivity contribution in [1.29, 1.82) is 0 Å². The normalized spacial score (nSPS) is 19.0. The molecule has 1 heterocycles. The molecule has 1 atom stereocenters. The molecule has 1 aromatic carbocycles. The van der Waals surface area contributed by atoms with Gasteiger partial charge >= 0.3 is 0 Å². The van der Waals surface area contributed by atoms with Crippen LogP contribution in [-0.4, -0.2) is 41.7 Å². The fraction of sp³-hybridized carbons (Fsp3) is 0.500. The highest BCUT2D eigenvalue weighted by atomic mass is 16.5. The molecule has 0 aromatic heterocycles. The monoisotopic (exact) mass is 249 g/mol. The number of nitrogens with zero attached hydrogens (tertiary/aromatic N) is 1. The Kier molecular flexibility index (Phi) is 4.20. The van der Waals surface area contributed by atoms with E-state index < -0.39 is 0 Å². The van der Waals surface area contributed by atoms with Crippen LogP contribution in [0.25, 0.3) is 0 Å². The number of β-amino-alcohol motifs (C(OH)–C–C–N with tert-alkyl or cyclic N) is 1. The second-order valence-electron chi connectivity index (χ2n) is 4.65. The van der Waals surface area contributed by atoms with E-state index in [2.05, 4.69) is 0 Å². The molecule has 1 aliphatic rings. The van der Waals surface area contributed by atoms with Crippen molar-refractivity contribution < 1.29 is 14.6 Å². The van der Waals surface area contributed by atoms with Crippen molar-refractivity contribution in [1.82, 2.24) is 4.90 Å². The van der Waals surface area contributed by atoms with Crippen molar-refractivity contribution in [3.05, 3.63) is 29.8 Å². The average Bonchev–Trinajstić information content (AvgIpc) is 2.78. The number of rotatable bonds is 4. The molecular formula is C14H19NO3. The van der Waals surface area contributed by atoms with E-state index in [1.54, 1.807) is 4.90 Å². The Morgan fingerprint density at radius 2 is 2.28 bits per heavy atom. The molecule has 1 aliphatic heterocycles. The molecule has 1 N–H and O–H groups in total. The predicted octanol–water partition coefficient (Wildman–Crippen LogP) is 1.36. The Morgan fingerprint density at radius 1 is 1.50 bits per heavy atom. The first kappa shape index (κ1) is 12.9. The number of aryl methyl sites for hydroxylation is 1. The highest BCUT2D eigenvalue weighted by molar-refractivity contribution is 5.76. The van der Waals surface area contributed by atoms with Crippen LogP contribution in [-0.2, 0) is 4.79 Å². The smallest absolute Gasteiger partial charge is 0.226 e. The van der Waals surface area contributed by atoms with Crippen LogP contribution in [0.2, 0.25) is 0 Å². The number of hydrogen-bond acceptors (Lipinski definition) is 3. The second-order valence-corrected chi connectivity index (χ2v) is 4.65. The molecule has 4 nitrogen and oxygen atoms in total. The van der Waals surface area contributed by atoms with Gasteiger partial charge in [-0.25, -0.2) is 0 Å². The quantitative estimate of drug-likeness (QED) is 0.876. The lowest BCUT2D eigenvalue weighted by molar-refractivity contribution is -0.131.